The topological polar surface area (TPSA) is 123 Å². The van der Waals surface area contributed by atoms with Crippen LogP contribution in [0.15, 0.2) is 140 Å². The zero-order chi connectivity index (χ0) is 41.7. The number of fused-ring (bicyclic) bond motifs is 1. The molecule has 60 heavy (non-hydrogen) atoms. The summed E-state index contributed by atoms with van der Waals surface area (Å²) in [5.74, 6) is 1.14. The molecule has 2 unspecified atom stereocenters. The summed E-state index contributed by atoms with van der Waals surface area (Å²) in [5.41, 5.74) is 6.90. The first-order valence-electron chi connectivity index (χ1n) is 20.3. The van der Waals surface area contributed by atoms with Crippen LogP contribution in [0.4, 0.5) is 0 Å². The lowest BCUT2D eigenvalue weighted by atomic mass is 9.79. The van der Waals surface area contributed by atoms with Crippen LogP contribution in [0.1, 0.15) is 34.0 Å². The van der Waals surface area contributed by atoms with E-state index < -0.39 is 38.2 Å². The van der Waals surface area contributed by atoms with Crippen LogP contribution in [-0.4, -0.2) is 76.3 Å². The Bertz CT molecular complexity index is 2460. The van der Waals surface area contributed by atoms with Crippen molar-refractivity contribution < 1.29 is 28.8 Å². The summed E-state index contributed by atoms with van der Waals surface area (Å²) in [5, 5.41) is 12.3. The quantitative estimate of drug-likeness (QED) is 0.0748. The average molecular weight is 822 g/mol. The van der Waals surface area contributed by atoms with Crippen molar-refractivity contribution in [2.45, 2.75) is 69.4 Å². The van der Waals surface area contributed by atoms with Crippen LogP contribution >= 0.6 is 0 Å². The molecule has 1 fully saturated rings. The first-order valence-corrected chi connectivity index (χ1v) is 24.0. The van der Waals surface area contributed by atoms with Crippen molar-refractivity contribution in [1.82, 2.24) is 24.5 Å². The van der Waals surface area contributed by atoms with Crippen LogP contribution in [0, 0.1) is 6.92 Å². The Balaban J connectivity index is 1.13. The zero-order valence-corrected chi connectivity index (χ0v) is 35.6. The number of benzene rings is 4. The molecule has 0 radical (unpaired) electrons. The van der Waals surface area contributed by atoms with Gasteiger partial charge in [0, 0.05) is 20.5 Å². The number of hydrogen-bond acceptors (Lipinski definition) is 10. The fourth-order valence-electron chi connectivity index (χ4n) is 7.61. The van der Waals surface area contributed by atoms with Gasteiger partial charge in [0.15, 0.2) is 17.4 Å². The second-order valence-electron chi connectivity index (χ2n) is 16.4. The molecular weight excluding hydrogens is 771 g/mol. The van der Waals surface area contributed by atoms with Gasteiger partial charge in [0.2, 0.25) is 5.88 Å². The van der Waals surface area contributed by atoms with Gasteiger partial charge in [0.25, 0.3) is 0 Å². The Morgan fingerprint density at radius 2 is 1.45 bits per heavy atom. The SMILES string of the molecule is COc1ccc(C(OCC2O[C@@H](n3cnc4c(OCC[Si](C)(C)C)ncnc43)[C@H](OCc3ccc(-c4ccncc4)cc3)[C@@H]2O)(c2ccccc2)c2ccc(C)cc2)cc1. The zero-order valence-electron chi connectivity index (χ0n) is 34.6. The number of aliphatic hydroxyl groups excluding tert-OH is 1. The Morgan fingerprint density at radius 1 is 0.783 bits per heavy atom. The van der Waals surface area contributed by atoms with E-state index in [1.165, 1.54) is 6.33 Å². The molecule has 0 bridgehead atoms. The Morgan fingerprint density at radius 3 is 2.13 bits per heavy atom. The van der Waals surface area contributed by atoms with E-state index in [9.17, 15) is 5.11 Å². The molecule has 7 aromatic rings. The lowest BCUT2D eigenvalue weighted by Gasteiger charge is -2.37. The third-order valence-electron chi connectivity index (χ3n) is 11.0. The Hall–Kier alpha value is -5.76. The van der Waals surface area contributed by atoms with E-state index in [1.54, 1.807) is 30.4 Å². The summed E-state index contributed by atoms with van der Waals surface area (Å²) in [4.78, 5) is 17.9. The van der Waals surface area contributed by atoms with Crippen molar-refractivity contribution in [2.24, 2.45) is 0 Å². The molecule has 8 rings (SSSR count). The third-order valence-corrected chi connectivity index (χ3v) is 12.7. The molecule has 3 aromatic heterocycles. The second kappa shape index (κ2) is 17.8. The molecule has 1 N–H and O–H groups in total. The third kappa shape index (κ3) is 8.74. The van der Waals surface area contributed by atoms with Gasteiger partial charge in [0.1, 0.15) is 36.0 Å². The van der Waals surface area contributed by atoms with Gasteiger partial charge < -0.3 is 28.8 Å². The molecular formula is C48H51N5O6Si. The summed E-state index contributed by atoms with van der Waals surface area (Å²) < 4.78 is 34.2. The lowest BCUT2D eigenvalue weighted by Crippen LogP contribution is -2.40. The van der Waals surface area contributed by atoms with Crippen molar-refractivity contribution >= 4 is 19.2 Å². The minimum absolute atomic E-state index is 0.0135. The minimum Gasteiger partial charge on any atom is -0.497 e. The number of methoxy groups -OCH3 is 1. The van der Waals surface area contributed by atoms with E-state index >= 15 is 0 Å². The predicted molar refractivity (Wildman–Crippen MR) is 234 cm³/mol. The number of aryl methyl sites for hydroxylation is 1. The average Bonchev–Trinajstić information content (AvgIpc) is 3.84. The van der Waals surface area contributed by atoms with Crippen LogP contribution in [0.5, 0.6) is 11.6 Å². The highest BCUT2D eigenvalue weighted by Gasteiger charge is 2.48. The summed E-state index contributed by atoms with van der Waals surface area (Å²) in [6.07, 6.45) is 3.14. The van der Waals surface area contributed by atoms with E-state index in [1.807, 2.05) is 66.7 Å². The normalized spacial score (nSPS) is 19.0. The number of hydrogen-bond donors (Lipinski definition) is 1. The summed E-state index contributed by atoms with van der Waals surface area (Å²) in [7, 11) is 0.303. The highest BCUT2D eigenvalue weighted by atomic mass is 28.3. The monoisotopic (exact) mass is 821 g/mol. The molecule has 1 saturated heterocycles. The van der Waals surface area contributed by atoms with E-state index in [2.05, 4.69) is 90.0 Å². The number of pyridine rings is 1. The molecule has 0 aliphatic carbocycles. The lowest BCUT2D eigenvalue weighted by molar-refractivity contribution is -0.0968. The van der Waals surface area contributed by atoms with Gasteiger partial charge in [-0.2, -0.15) is 4.98 Å². The fraction of sp³-hybridized carbons (Fsp3) is 0.292. The Kier molecular flexibility index (Phi) is 12.2. The summed E-state index contributed by atoms with van der Waals surface area (Å²) in [6, 6.07) is 39.5. The van der Waals surface area contributed by atoms with Crippen molar-refractivity contribution in [3.05, 3.63) is 168 Å². The van der Waals surface area contributed by atoms with Gasteiger partial charge in [0.05, 0.1) is 33.3 Å². The summed E-state index contributed by atoms with van der Waals surface area (Å²) in [6.45, 7) is 9.76. The molecule has 12 heteroatoms. The van der Waals surface area contributed by atoms with Crippen LogP contribution < -0.4 is 9.47 Å². The van der Waals surface area contributed by atoms with Gasteiger partial charge in [-0.3, -0.25) is 9.55 Å². The molecule has 4 aromatic carbocycles. The van der Waals surface area contributed by atoms with Gasteiger partial charge in [-0.05, 0) is 70.6 Å². The first kappa shape index (κ1) is 41.0. The van der Waals surface area contributed by atoms with E-state index in [0.29, 0.717) is 23.7 Å². The van der Waals surface area contributed by atoms with Crippen LogP contribution in [-0.2, 0) is 26.4 Å². The van der Waals surface area contributed by atoms with E-state index in [4.69, 9.17) is 28.7 Å². The first-order chi connectivity index (χ1) is 29.1. The second-order valence-corrected chi connectivity index (χ2v) is 22.0. The maximum atomic E-state index is 12.3. The highest BCUT2D eigenvalue weighted by molar-refractivity contribution is 6.76. The van der Waals surface area contributed by atoms with Crippen molar-refractivity contribution in [3.63, 3.8) is 0 Å². The molecule has 308 valence electrons. The molecule has 0 saturated carbocycles. The van der Waals surface area contributed by atoms with Gasteiger partial charge >= 0.3 is 0 Å². The number of aromatic nitrogens is 5. The predicted octanol–water partition coefficient (Wildman–Crippen LogP) is 8.77. The van der Waals surface area contributed by atoms with Crippen molar-refractivity contribution in [2.75, 3.05) is 20.3 Å². The van der Waals surface area contributed by atoms with Crippen LogP contribution in [0.3, 0.4) is 0 Å². The largest absolute Gasteiger partial charge is 0.497 e. The number of aliphatic hydroxyl groups is 1. The molecule has 0 amide bonds. The Labute approximate surface area is 352 Å². The molecule has 0 spiro atoms. The van der Waals surface area contributed by atoms with Crippen molar-refractivity contribution in [1.29, 1.82) is 0 Å². The summed E-state index contributed by atoms with van der Waals surface area (Å²) >= 11 is 0. The number of ether oxygens (including phenoxy) is 5. The number of rotatable bonds is 16. The molecule has 4 heterocycles. The minimum atomic E-state index is -1.35. The van der Waals surface area contributed by atoms with Crippen LogP contribution in [0.25, 0.3) is 22.3 Å². The molecule has 5 atom stereocenters. The number of nitrogens with zero attached hydrogens (tertiary/aromatic N) is 5. The van der Waals surface area contributed by atoms with E-state index in [0.717, 1.165) is 50.7 Å². The molecule has 11 nitrogen and oxygen atoms in total. The van der Waals surface area contributed by atoms with Crippen LogP contribution in [0.2, 0.25) is 25.7 Å². The van der Waals surface area contributed by atoms with Crippen molar-refractivity contribution in [3.8, 4) is 22.8 Å². The number of imidazole rings is 1. The van der Waals surface area contributed by atoms with Gasteiger partial charge in [-0.25, -0.2) is 9.97 Å². The molecule has 1 aliphatic rings. The van der Waals surface area contributed by atoms with E-state index in [-0.39, 0.29) is 13.2 Å². The maximum absolute atomic E-state index is 12.3. The molecule has 1 aliphatic heterocycles. The maximum Gasteiger partial charge on any atom is 0.245 e. The standard InChI is InChI=1S/C48H51N5O6Si/c1-33-11-17-38(18-12-33)48(37-9-7-6-8-10-37,39-19-21-40(55-2)22-20-39)58-30-41-43(54)44(57-29-34-13-15-35(16-14-34)36-23-25-49-26-24-36)47(59-41)53-32-52-42-45(53)50-31-51-46(42)56-27-28-60(3,4)5/h6-26,31-32,41,43-44,47,54H,27-30H2,1-5H3/t41?,43-,44-,47-,48?/m1/s1. The van der Waals surface area contributed by atoms with Gasteiger partial charge in [-0.1, -0.05) is 116 Å². The smallest absolute Gasteiger partial charge is 0.245 e. The van der Waals surface area contributed by atoms with Gasteiger partial charge in [-0.15, -0.1) is 0 Å². The fourth-order valence-corrected chi connectivity index (χ4v) is 8.32. The highest BCUT2D eigenvalue weighted by Crippen LogP contribution is 2.43.